The number of ether oxygens (including phenoxy) is 1. The van der Waals surface area contributed by atoms with Crippen molar-refractivity contribution in [3.8, 4) is 5.19 Å². The highest BCUT2D eigenvalue weighted by Gasteiger charge is 2.32. The summed E-state index contributed by atoms with van der Waals surface area (Å²) in [6.07, 6.45) is 0.973. The molecule has 9 heteroatoms. The molecule has 1 aromatic carbocycles. The van der Waals surface area contributed by atoms with Gasteiger partial charge in [-0.25, -0.2) is 12.8 Å². The molecule has 1 aromatic heterocycles. The third-order valence-electron chi connectivity index (χ3n) is 3.46. The van der Waals surface area contributed by atoms with Crippen LogP contribution in [0.25, 0.3) is 0 Å². The van der Waals surface area contributed by atoms with E-state index in [1.54, 1.807) is 5.51 Å². The standard InChI is InChI=1S/C13H14FN3O3S2/c14-11-3-1-2-4-12(11)22(18,19)17-7-5-10(6-8-17)20-13-16-15-9-21-13/h1-4,9-10H,5-8H2. The van der Waals surface area contributed by atoms with Gasteiger partial charge in [0.2, 0.25) is 10.0 Å². The van der Waals surface area contributed by atoms with Gasteiger partial charge in [0.15, 0.2) is 0 Å². The number of sulfonamides is 1. The minimum absolute atomic E-state index is 0.0972. The Balaban J connectivity index is 1.67. The van der Waals surface area contributed by atoms with Gasteiger partial charge in [-0.2, -0.15) is 4.31 Å². The number of hydrogen-bond acceptors (Lipinski definition) is 6. The first kappa shape index (κ1) is 15.3. The SMILES string of the molecule is O=S(=O)(c1ccccc1F)N1CCC(Oc2nncs2)CC1. The van der Waals surface area contributed by atoms with Crippen LogP contribution in [0.4, 0.5) is 4.39 Å². The van der Waals surface area contributed by atoms with Crippen LogP contribution in [0.2, 0.25) is 0 Å². The number of rotatable bonds is 4. The van der Waals surface area contributed by atoms with Crippen molar-refractivity contribution in [2.45, 2.75) is 23.8 Å². The lowest BCUT2D eigenvalue weighted by molar-refractivity contribution is 0.133. The van der Waals surface area contributed by atoms with Crippen LogP contribution < -0.4 is 4.74 Å². The summed E-state index contributed by atoms with van der Waals surface area (Å²) >= 11 is 1.30. The highest BCUT2D eigenvalue weighted by molar-refractivity contribution is 7.89. The summed E-state index contributed by atoms with van der Waals surface area (Å²) in [5, 5.41) is 7.97. The number of halogens is 1. The lowest BCUT2D eigenvalue weighted by Crippen LogP contribution is -2.41. The van der Waals surface area contributed by atoms with Crippen LogP contribution in [-0.2, 0) is 10.0 Å². The molecule has 2 heterocycles. The monoisotopic (exact) mass is 343 g/mol. The average Bonchev–Trinajstić information content (AvgIpc) is 3.01. The Morgan fingerprint density at radius 1 is 1.27 bits per heavy atom. The topological polar surface area (TPSA) is 72.4 Å². The van der Waals surface area contributed by atoms with Gasteiger partial charge in [0.05, 0.1) is 0 Å². The van der Waals surface area contributed by atoms with Crippen LogP contribution in [-0.4, -0.2) is 42.1 Å². The Bertz CT molecular complexity index is 729. The molecule has 2 aromatic rings. The molecule has 0 aliphatic carbocycles. The van der Waals surface area contributed by atoms with Crippen molar-refractivity contribution in [3.63, 3.8) is 0 Å². The van der Waals surface area contributed by atoms with Crippen molar-refractivity contribution in [2.75, 3.05) is 13.1 Å². The predicted octanol–water partition coefficient (Wildman–Crippen LogP) is 1.91. The van der Waals surface area contributed by atoms with E-state index in [4.69, 9.17) is 4.74 Å². The zero-order valence-corrected chi connectivity index (χ0v) is 13.2. The summed E-state index contributed by atoms with van der Waals surface area (Å²) in [6.45, 7) is 0.584. The lowest BCUT2D eigenvalue weighted by Gasteiger charge is -2.30. The Kier molecular flexibility index (Phi) is 4.37. The van der Waals surface area contributed by atoms with E-state index in [0.29, 0.717) is 31.1 Å². The number of hydrogen-bond donors (Lipinski definition) is 0. The van der Waals surface area contributed by atoms with Gasteiger partial charge in [-0.05, 0) is 25.0 Å². The molecule has 0 spiro atoms. The molecule has 0 bridgehead atoms. The summed E-state index contributed by atoms with van der Waals surface area (Å²) in [5.41, 5.74) is 1.58. The second kappa shape index (κ2) is 6.27. The Hall–Kier alpha value is -1.58. The molecular formula is C13H14FN3O3S2. The molecule has 6 nitrogen and oxygen atoms in total. The van der Waals surface area contributed by atoms with Crippen LogP contribution in [0.15, 0.2) is 34.7 Å². The molecule has 1 aliphatic heterocycles. The van der Waals surface area contributed by atoms with Crippen molar-refractivity contribution in [3.05, 3.63) is 35.6 Å². The first-order valence-corrected chi connectivity index (χ1v) is 9.07. The molecule has 0 saturated carbocycles. The van der Waals surface area contributed by atoms with Gasteiger partial charge in [0.25, 0.3) is 5.19 Å². The molecule has 0 amide bonds. The van der Waals surface area contributed by atoms with E-state index in [1.165, 1.54) is 33.8 Å². The van der Waals surface area contributed by atoms with E-state index in [1.807, 2.05) is 0 Å². The van der Waals surface area contributed by atoms with E-state index in [0.717, 1.165) is 6.07 Å². The highest BCUT2D eigenvalue weighted by Crippen LogP contribution is 2.25. The molecule has 0 N–H and O–H groups in total. The smallest absolute Gasteiger partial charge is 0.294 e. The molecule has 118 valence electrons. The van der Waals surface area contributed by atoms with Crippen LogP contribution in [0.1, 0.15) is 12.8 Å². The maximum atomic E-state index is 13.7. The fourth-order valence-electron chi connectivity index (χ4n) is 2.34. The number of piperidine rings is 1. The van der Waals surface area contributed by atoms with Crippen molar-refractivity contribution in [2.24, 2.45) is 0 Å². The largest absolute Gasteiger partial charge is 0.466 e. The minimum atomic E-state index is -3.80. The molecular weight excluding hydrogens is 329 g/mol. The van der Waals surface area contributed by atoms with Crippen molar-refractivity contribution in [1.29, 1.82) is 0 Å². The molecule has 0 atom stereocenters. The molecule has 1 fully saturated rings. The molecule has 3 rings (SSSR count). The average molecular weight is 343 g/mol. The van der Waals surface area contributed by atoms with Crippen molar-refractivity contribution >= 4 is 21.4 Å². The van der Waals surface area contributed by atoms with E-state index in [9.17, 15) is 12.8 Å². The van der Waals surface area contributed by atoms with Crippen LogP contribution >= 0.6 is 11.3 Å². The number of nitrogens with zero attached hydrogens (tertiary/aromatic N) is 3. The fourth-order valence-corrected chi connectivity index (χ4v) is 4.35. The van der Waals surface area contributed by atoms with Gasteiger partial charge in [-0.3, -0.25) is 0 Å². The third-order valence-corrected chi connectivity index (χ3v) is 5.97. The minimum Gasteiger partial charge on any atom is -0.466 e. The first-order valence-electron chi connectivity index (χ1n) is 6.75. The molecule has 22 heavy (non-hydrogen) atoms. The van der Waals surface area contributed by atoms with Gasteiger partial charge >= 0.3 is 0 Å². The number of benzene rings is 1. The lowest BCUT2D eigenvalue weighted by atomic mass is 10.1. The fraction of sp³-hybridized carbons (Fsp3) is 0.385. The summed E-state index contributed by atoms with van der Waals surface area (Å²) in [7, 11) is -3.80. The second-order valence-corrected chi connectivity index (χ2v) is 7.56. The van der Waals surface area contributed by atoms with Gasteiger partial charge in [-0.15, -0.1) is 10.2 Å². The van der Waals surface area contributed by atoms with Crippen LogP contribution in [0, 0.1) is 5.82 Å². The summed E-state index contributed by atoms with van der Waals surface area (Å²) in [6, 6.07) is 5.42. The van der Waals surface area contributed by atoms with Crippen LogP contribution in [0.3, 0.4) is 0 Å². The molecule has 1 aliphatic rings. The second-order valence-electron chi connectivity index (χ2n) is 4.86. The Morgan fingerprint density at radius 3 is 2.64 bits per heavy atom. The number of aromatic nitrogens is 2. The summed E-state index contributed by atoms with van der Waals surface area (Å²) < 4.78 is 45.6. The maximum absolute atomic E-state index is 13.7. The highest BCUT2D eigenvalue weighted by atomic mass is 32.2. The molecule has 0 radical (unpaired) electrons. The molecule has 1 saturated heterocycles. The van der Waals surface area contributed by atoms with Crippen molar-refractivity contribution in [1.82, 2.24) is 14.5 Å². The van der Waals surface area contributed by atoms with E-state index in [2.05, 4.69) is 10.2 Å². The molecule has 0 unspecified atom stereocenters. The zero-order chi connectivity index (χ0) is 15.6. The Morgan fingerprint density at radius 2 is 2.00 bits per heavy atom. The summed E-state index contributed by atoms with van der Waals surface area (Å²) in [5.74, 6) is -0.727. The first-order chi connectivity index (χ1) is 10.6. The van der Waals surface area contributed by atoms with E-state index >= 15 is 0 Å². The van der Waals surface area contributed by atoms with Gasteiger partial charge in [0.1, 0.15) is 22.3 Å². The van der Waals surface area contributed by atoms with Crippen LogP contribution in [0.5, 0.6) is 5.19 Å². The Labute approximate surface area is 131 Å². The summed E-state index contributed by atoms with van der Waals surface area (Å²) in [4.78, 5) is -0.279. The normalized spacial score (nSPS) is 17.5. The van der Waals surface area contributed by atoms with Gasteiger partial charge in [-0.1, -0.05) is 23.5 Å². The quantitative estimate of drug-likeness (QED) is 0.848. The third kappa shape index (κ3) is 3.11. The van der Waals surface area contributed by atoms with E-state index < -0.39 is 15.8 Å². The van der Waals surface area contributed by atoms with Gasteiger partial charge in [0, 0.05) is 13.1 Å². The van der Waals surface area contributed by atoms with E-state index in [-0.39, 0.29) is 11.0 Å². The predicted molar refractivity (Wildman–Crippen MR) is 78.7 cm³/mol. The zero-order valence-electron chi connectivity index (χ0n) is 11.6. The maximum Gasteiger partial charge on any atom is 0.294 e. The van der Waals surface area contributed by atoms with Gasteiger partial charge < -0.3 is 4.74 Å². The van der Waals surface area contributed by atoms with Crippen molar-refractivity contribution < 1.29 is 17.5 Å².